The maximum atomic E-state index is 12.8. The topological polar surface area (TPSA) is 108 Å². The van der Waals surface area contributed by atoms with Gasteiger partial charge in [0.05, 0.1) is 23.3 Å². The zero-order valence-electron chi connectivity index (χ0n) is 18.0. The predicted molar refractivity (Wildman–Crippen MR) is 119 cm³/mol. The lowest BCUT2D eigenvalue weighted by molar-refractivity contribution is -0.251. The van der Waals surface area contributed by atoms with Crippen LogP contribution in [0.5, 0.6) is 0 Å². The fourth-order valence-electron chi connectivity index (χ4n) is 3.44. The van der Waals surface area contributed by atoms with Crippen LogP contribution in [-0.4, -0.2) is 54.2 Å². The van der Waals surface area contributed by atoms with Gasteiger partial charge >= 0.3 is 17.9 Å². The Kier molecular flexibility index (Phi) is 7.31. The van der Waals surface area contributed by atoms with Gasteiger partial charge in [0.2, 0.25) is 0 Å². The van der Waals surface area contributed by atoms with Gasteiger partial charge in [-0.1, -0.05) is 54.6 Å². The molecule has 8 heteroatoms. The number of benzene rings is 3. The highest BCUT2D eigenvalue weighted by molar-refractivity contribution is 5.91. The number of hydrogen-bond acceptors (Lipinski definition) is 8. The SMILES string of the molecule is O=C(O[C@@H]1[C@@H](OC(=O)c2ccccc2)COC(O)[C@@H]1OC(=O)c1ccccc1)c1ccccc1. The molecule has 1 aliphatic rings. The van der Waals surface area contributed by atoms with Gasteiger partial charge in [0, 0.05) is 0 Å². The number of esters is 3. The van der Waals surface area contributed by atoms with Gasteiger partial charge in [-0.2, -0.15) is 0 Å². The maximum Gasteiger partial charge on any atom is 0.338 e. The molecule has 1 aliphatic heterocycles. The van der Waals surface area contributed by atoms with Gasteiger partial charge in [-0.3, -0.25) is 0 Å². The minimum atomic E-state index is -1.60. The molecule has 1 N–H and O–H groups in total. The van der Waals surface area contributed by atoms with E-state index in [2.05, 4.69) is 0 Å². The molecule has 4 rings (SSSR count). The van der Waals surface area contributed by atoms with Gasteiger partial charge in [0.25, 0.3) is 0 Å². The number of aliphatic hydroxyl groups is 1. The predicted octanol–water partition coefficient (Wildman–Crippen LogP) is 3.01. The first-order valence-corrected chi connectivity index (χ1v) is 10.6. The fraction of sp³-hybridized carbons (Fsp3) is 0.192. The van der Waals surface area contributed by atoms with Crippen molar-refractivity contribution in [2.24, 2.45) is 0 Å². The van der Waals surface area contributed by atoms with Crippen LogP contribution in [0.4, 0.5) is 0 Å². The summed E-state index contributed by atoms with van der Waals surface area (Å²) in [7, 11) is 0. The second kappa shape index (κ2) is 10.7. The summed E-state index contributed by atoms with van der Waals surface area (Å²) in [6.45, 7) is -0.272. The molecule has 3 aromatic rings. The monoisotopic (exact) mass is 462 g/mol. The van der Waals surface area contributed by atoms with E-state index in [1.807, 2.05) is 0 Å². The first-order chi connectivity index (χ1) is 16.5. The number of hydrogen-bond donors (Lipinski definition) is 1. The first-order valence-electron chi connectivity index (χ1n) is 10.6. The van der Waals surface area contributed by atoms with E-state index in [0.717, 1.165) is 0 Å². The molecule has 1 fully saturated rings. The summed E-state index contributed by atoms with van der Waals surface area (Å²) in [5.41, 5.74) is 0.746. The Balaban J connectivity index is 1.59. The van der Waals surface area contributed by atoms with E-state index in [1.54, 1.807) is 78.9 Å². The van der Waals surface area contributed by atoms with Crippen molar-refractivity contribution in [3.8, 4) is 0 Å². The van der Waals surface area contributed by atoms with Gasteiger partial charge < -0.3 is 24.1 Å². The van der Waals surface area contributed by atoms with Crippen LogP contribution in [-0.2, 0) is 18.9 Å². The second-order valence-electron chi connectivity index (χ2n) is 7.51. The third-order valence-corrected chi connectivity index (χ3v) is 5.18. The number of rotatable bonds is 6. The average Bonchev–Trinajstić information content (AvgIpc) is 2.89. The zero-order valence-corrected chi connectivity index (χ0v) is 18.0. The van der Waals surface area contributed by atoms with E-state index >= 15 is 0 Å². The lowest BCUT2D eigenvalue weighted by Gasteiger charge is -2.38. The maximum absolute atomic E-state index is 12.8. The molecular formula is C26H22O8. The zero-order chi connectivity index (χ0) is 23.9. The molecule has 174 valence electrons. The highest BCUT2D eigenvalue weighted by Crippen LogP contribution is 2.25. The lowest BCUT2D eigenvalue weighted by atomic mass is 10.0. The summed E-state index contributed by atoms with van der Waals surface area (Å²) < 4.78 is 21.9. The minimum Gasteiger partial charge on any atom is -0.452 e. The first kappa shape index (κ1) is 23.2. The van der Waals surface area contributed by atoms with Crippen molar-refractivity contribution >= 4 is 17.9 Å². The van der Waals surface area contributed by atoms with Crippen molar-refractivity contribution in [1.29, 1.82) is 0 Å². The summed E-state index contributed by atoms with van der Waals surface area (Å²) >= 11 is 0. The van der Waals surface area contributed by atoms with Gasteiger partial charge in [0.15, 0.2) is 24.6 Å². The minimum absolute atomic E-state index is 0.228. The van der Waals surface area contributed by atoms with Crippen LogP contribution in [0, 0.1) is 0 Å². The van der Waals surface area contributed by atoms with Crippen LogP contribution in [0.1, 0.15) is 31.1 Å². The number of aliphatic hydroxyl groups excluding tert-OH is 1. The Morgan fingerprint density at radius 2 is 1.00 bits per heavy atom. The average molecular weight is 462 g/mol. The van der Waals surface area contributed by atoms with E-state index in [9.17, 15) is 19.5 Å². The van der Waals surface area contributed by atoms with E-state index in [4.69, 9.17) is 18.9 Å². The molecule has 0 amide bonds. The highest BCUT2D eigenvalue weighted by atomic mass is 16.7. The van der Waals surface area contributed by atoms with Crippen molar-refractivity contribution in [2.45, 2.75) is 24.6 Å². The molecule has 1 unspecified atom stereocenters. The van der Waals surface area contributed by atoms with E-state index in [-0.39, 0.29) is 23.3 Å². The molecule has 0 saturated carbocycles. The summed E-state index contributed by atoms with van der Waals surface area (Å²) in [5.74, 6) is -2.18. The van der Waals surface area contributed by atoms with Crippen LogP contribution < -0.4 is 0 Å². The molecule has 1 saturated heterocycles. The van der Waals surface area contributed by atoms with E-state index < -0.39 is 42.5 Å². The van der Waals surface area contributed by atoms with Crippen LogP contribution in [0.2, 0.25) is 0 Å². The normalized spacial score (nSPS) is 21.8. The smallest absolute Gasteiger partial charge is 0.338 e. The second-order valence-corrected chi connectivity index (χ2v) is 7.51. The molecule has 34 heavy (non-hydrogen) atoms. The van der Waals surface area contributed by atoms with Crippen molar-refractivity contribution < 1.29 is 38.4 Å². The molecular weight excluding hydrogens is 440 g/mol. The Labute approximate surface area is 195 Å². The highest BCUT2D eigenvalue weighted by Gasteiger charge is 2.47. The van der Waals surface area contributed by atoms with E-state index in [1.165, 1.54) is 12.1 Å². The van der Waals surface area contributed by atoms with Crippen molar-refractivity contribution in [1.82, 2.24) is 0 Å². The Morgan fingerprint density at radius 3 is 1.44 bits per heavy atom. The van der Waals surface area contributed by atoms with Gasteiger partial charge in [-0.25, -0.2) is 14.4 Å². The van der Waals surface area contributed by atoms with Crippen LogP contribution in [0.25, 0.3) is 0 Å². The molecule has 3 aromatic carbocycles. The van der Waals surface area contributed by atoms with Gasteiger partial charge in [-0.15, -0.1) is 0 Å². The molecule has 4 atom stereocenters. The van der Waals surface area contributed by atoms with Crippen molar-refractivity contribution in [3.63, 3.8) is 0 Å². The third-order valence-electron chi connectivity index (χ3n) is 5.18. The van der Waals surface area contributed by atoms with Crippen molar-refractivity contribution in [2.75, 3.05) is 6.61 Å². The fourth-order valence-corrected chi connectivity index (χ4v) is 3.44. The number of ether oxygens (including phenoxy) is 4. The van der Waals surface area contributed by atoms with Crippen LogP contribution in [0.15, 0.2) is 91.0 Å². The van der Waals surface area contributed by atoms with Crippen molar-refractivity contribution in [3.05, 3.63) is 108 Å². The van der Waals surface area contributed by atoms with E-state index in [0.29, 0.717) is 0 Å². The van der Waals surface area contributed by atoms with Gasteiger partial charge in [0.1, 0.15) is 0 Å². The number of carbonyl (C=O) groups is 3. The molecule has 0 radical (unpaired) electrons. The molecule has 0 bridgehead atoms. The Bertz CT molecular complexity index is 1120. The summed E-state index contributed by atoms with van der Waals surface area (Å²) in [6.07, 6.45) is -5.51. The molecule has 0 aromatic heterocycles. The molecule has 0 spiro atoms. The largest absolute Gasteiger partial charge is 0.452 e. The number of carbonyl (C=O) groups excluding carboxylic acids is 3. The molecule has 1 heterocycles. The van der Waals surface area contributed by atoms with Gasteiger partial charge in [-0.05, 0) is 36.4 Å². The lowest BCUT2D eigenvalue weighted by Crippen LogP contribution is -2.57. The van der Waals surface area contributed by atoms with Crippen LogP contribution >= 0.6 is 0 Å². The summed E-state index contributed by atoms with van der Waals surface area (Å²) in [6, 6.07) is 24.5. The summed E-state index contributed by atoms with van der Waals surface area (Å²) in [4.78, 5) is 38.1. The standard InChI is InChI=1S/C26H22O8/c27-23(17-10-4-1-5-11-17)32-20-16-31-26(30)22(34-25(29)19-14-8-3-9-15-19)21(20)33-24(28)18-12-6-2-7-13-18/h1-15,20-22,26,30H,16H2/t20-,21+,22+,26?/m0/s1. The third kappa shape index (κ3) is 5.48. The summed E-state index contributed by atoms with van der Waals surface area (Å²) in [5, 5.41) is 10.5. The Morgan fingerprint density at radius 1 is 0.618 bits per heavy atom. The molecule has 8 nitrogen and oxygen atoms in total. The quantitative estimate of drug-likeness (QED) is 0.440. The molecule has 0 aliphatic carbocycles. The Hall–Kier alpha value is -4.01. The van der Waals surface area contributed by atoms with Crippen LogP contribution in [0.3, 0.4) is 0 Å².